The van der Waals surface area contributed by atoms with Gasteiger partial charge >= 0.3 is 0 Å². The molecular weight excluding hydrogens is 462 g/mol. The molecule has 3 fully saturated rings. The van der Waals surface area contributed by atoms with Gasteiger partial charge in [0.15, 0.2) is 5.13 Å². The first kappa shape index (κ1) is 23.9. The minimum absolute atomic E-state index is 0.00330. The molecule has 0 radical (unpaired) electrons. The van der Waals surface area contributed by atoms with Gasteiger partial charge in [-0.25, -0.2) is 4.98 Å². The number of aromatic nitrogens is 2. The molecule has 2 aromatic rings. The highest BCUT2D eigenvalue weighted by Gasteiger charge is 2.52. The normalized spacial score (nSPS) is 26.9. The first-order chi connectivity index (χ1) is 17.0. The van der Waals surface area contributed by atoms with Gasteiger partial charge in [0.2, 0.25) is 17.7 Å². The maximum atomic E-state index is 13.6. The van der Waals surface area contributed by atoms with Crippen LogP contribution in [0.4, 0.5) is 5.13 Å². The van der Waals surface area contributed by atoms with Crippen LogP contribution in [-0.4, -0.2) is 51.7 Å². The Labute approximate surface area is 209 Å². The third kappa shape index (κ3) is 5.24. The standard InChI is InChI=1S/C26H33N5O3S/c1-16(14-20-4-2-3-9-27-20)23(32)29-22-19-6-5-18(15-19)21(22)25(34)31-11-7-17(8-12-31)24(33)30-26-28-10-13-35-26/h2-4,9-10,13,16-19,21-22H,5-8,11-12,14-15H2,1H3,(H,29,32)(H,28,30,33)/t16-,18-,19-,21-,22-/m0/s1. The Balaban J connectivity index is 1.17. The molecule has 35 heavy (non-hydrogen) atoms. The highest BCUT2D eigenvalue weighted by atomic mass is 32.1. The molecule has 186 valence electrons. The van der Waals surface area contributed by atoms with Gasteiger partial charge in [0.05, 0.1) is 5.92 Å². The minimum Gasteiger partial charge on any atom is -0.352 e. The third-order valence-electron chi connectivity index (χ3n) is 8.04. The monoisotopic (exact) mass is 495 g/mol. The summed E-state index contributed by atoms with van der Waals surface area (Å²) < 4.78 is 0. The van der Waals surface area contributed by atoms with Gasteiger partial charge in [0.25, 0.3) is 0 Å². The van der Waals surface area contributed by atoms with Crippen LogP contribution in [0.25, 0.3) is 0 Å². The average molecular weight is 496 g/mol. The fraction of sp³-hybridized carbons (Fsp3) is 0.577. The zero-order valence-corrected chi connectivity index (χ0v) is 20.9. The molecule has 2 saturated carbocycles. The molecule has 2 aliphatic carbocycles. The Bertz CT molecular complexity index is 1040. The first-order valence-corrected chi connectivity index (χ1v) is 13.6. The van der Waals surface area contributed by atoms with Crippen molar-refractivity contribution in [2.45, 2.75) is 51.5 Å². The lowest BCUT2D eigenvalue weighted by molar-refractivity contribution is -0.141. The van der Waals surface area contributed by atoms with E-state index in [1.165, 1.54) is 11.3 Å². The SMILES string of the molecule is C[C@@H](Cc1ccccn1)C(=O)N[C@H]1[C@H]2CC[C@@H](C2)[C@@H]1C(=O)N1CCC(C(=O)Nc2nccs2)CC1. The zero-order valence-electron chi connectivity index (χ0n) is 20.1. The van der Waals surface area contributed by atoms with Gasteiger partial charge in [0.1, 0.15) is 0 Å². The van der Waals surface area contributed by atoms with Gasteiger partial charge < -0.3 is 15.5 Å². The Hall–Kier alpha value is -2.81. The molecule has 0 spiro atoms. The van der Waals surface area contributed by atoms with Crippen molar-refractivity contribution in [1.82, 2.24) is 20.2 Å². The highest BCUT2D eigenvalue weighted by molar-refractivity contribution is 7.13. The van der Waals surface area contributed by atoms with Crippen LogP contribution in [0, 0.1) is 29.6 Å². The van der Waals surface area contributed by atoms with Gasteiger partial charge in [-0.05, 0) is 56.1 Å². The Morgan fingerprint density at radius 1 is 1.09 bits per heavy atom. The molecular formula is C26H33N5O3S. The molecule has 2 aromatic heterocycles. The number of thiazole rings is 1. The number of nitrogens with zero attached hydrogens (tertiary/aromatic N) is 3. The van der Waals surface area contributed by atoms with Crippen LogP contribution < -0.4 is 10.6 Å². The number of anilines is 1. The number of amides is 3. The van der Waals surface area contributed by atoms with Crippen LogP contribution in [0.1, 0.15) is 44.7 Å². The smallest absolute Gasteiger partial charge is 0.229 e. The molecule has 1 saturated heterocycles. The van der Waals surface area contributed by atoms with Crippen LogP contribution in [-0.2, 0) is 20.8 Å². The predicted octanol–water partition coefficient (Wildman–Crippen LogP) is 3.12. The number of likely N-dealkylation sites (tertiary alicyclic amines) is 1. The number of carbonyl (C=O) groups excluding carboxylic acids is 3. The van der Waals surface area contributed by atoms with Gasteiger partial charge in [-0.3, -0.25) is 19.4 Å². The topological polar surface area (TPSA) is 104 Å². The summed E-state index contributed by atoms with van der Waals surface area (Å²) >= 11 is 1.41. The molecule has 2 bridgehead atoms. The molecule has 5 rings (SSSR count). The summed E-state index contributed by atoms with van der Waals surface area (Å²) in [6, 6.07) is 5.65. The summed E-state index contributed by atoms with van der Waals surface area (Å²) in [5.41, 5.74) is 0.900. The van der Waals surface area contributed by atoms with E-state index in [9.17, 15) is 14.4 Å². The highest BCUT2D eigenvalue weighted by Crippen LogP contribution is 2.49. The Morgan fingerprint density at radius 2 is 1.89 bits per heavy atom. The van der Waals surface area contributed by atoms with Crippen molar-refractivity contribution in [3.05, 3.63) is 41.7 Å². The number of fused-ring (bicyclic) bond motifs is 2. The first-order valence-electron chi connectivity index (χ1n) is 12.7. The lowest BCUT2D eigenvalue weighted by Crippen LogP contribution is -2.53. The van der Waals surface area contributed by atoms with Crippen molar-refractivity contribution in [1.29, 1.82) is 0 Å². The molecule has 0 aromatic carbocycles. The van der Waals surface area contributed by atoms with Crippen molar-refractivity contribution < 1.29 is 14.4 Å². The molecule has 2 N–H and O–H groups in total. The van der Waals surface area contributed by atoms with Crippen molar-refractivity contribution in [2.24, 2.45) is 29.6 Å². The number of hydrogen-bond donors (Lipinski definition) is 2. The number of pyridine rings is 1. The molecule has 0 unspecified atom stereocenters. The van der Waals surface area contributed by atoms with E-state index in [1.54, 1.807) is 12.4 Å². The maximum Gasteiger partial charge on any atom is 0.229 e. The second-order valence-corrected chi connectivity index (χ2v) is 11.1. The second-order valence-electron chi connectivity index (χ2n) is 10.2. The lowest BCUT2D eigenvalue weighted by Gasteiger charge is -2.38. The van der Waals surface area contributed by atoms with E-state index in [0.717, 1.165) is 25.0 Å². The molecule has 3 aliphatic rings. The largest absolute Gasteiger partial charge is 0.352 e. The van der Waals surface area contributed by atoms with Crippen LogP contribution in [0.2, 0.25) is 0 Å². The summed E-state index contributed by atoms with van der Waals surface area (Å²) in [7, 11) is 0. The number of piperidine rings is 1. The molecule has 3 amide bonds. The molecule has 1 aliphatic heterocycles. The van der Waals surface area contributed by atoms with E-state index >= 15 is 0 Å². The summed E-state index contributed by atoms with van der Waals surface area (Å²) in [5.74, 6) is 0.399. The maximum absolute atomic E-state index is 13.6. The average Bonchev–Trinajstić information content (AvgIpc) is 3.63. The Kier molecular flexibility index (Phi) is 7.13. The van der Waals surface area contributed by atoms with Gasteiger partial charge in [-0.15, -0.1) is 11.3 Å². The summed E-state index contributed by atoms with van der Waals surface area (Å²) in [5, 5.41) is 8.60. The van der Waals surface area contributed by atoms with Crippen molar-refractivity contribution in [2.75, 3.05) is 18.4 Å². The third-order valence-corrected chi connectivity index (χ3v) is 8.73. The van der Waals surface area contributed by atoms with E-state index in [0.29, 0.717) is 49.3 Å². The summed E-state index contributed by atoms with van der Waals surface area (Å²) in [4.78, 5) is 49.7. The second kappa shape index (κ2) is 10.4. The number of rotatable bonds is 7. The van der Waals surface area contributed by atoms with E-state index in [1.807, 2.05) is 35.4 Å². The fourth-order valence-corrected chi connectivity index (χ4v) is 6.68. The van der Waals surface area contributed by atoms with Crippen LogP contribution in [0.15, 0.2) is 36.0 Å². The molecule has 8 nitrogen and oxygen atoms in total. The zero-order chi connectivity index (χ0) is 24.4. The number of carbonyl (C=O) groups is 3. The van der Waals surface area contributed by atoms with E-state index < -0.39 is 0 Å². The molecule has 9 heteroatoms. The summed E-state index contributed by atoms with van der Waals surface area (Å²) in [6.45, 7) is 3.09. The number of hydrogen-bond acceptors (Lipinski definition) is 6. The molecule has 5 atom stereocenters. The van der Waals surface area contributed by atoms with E-state index in [4.69, 9.17) is 0 Å². The van der Waals surface area contributed by atoms with E-state index in [-0.39, 0.29) is 41.5 Å². The van der Waals surface area contributed by atoms with Gasteiger partial charge in [0, 0.05) is 60.9 Å². The van der Waals surface area contributed by atoms with Crippen LogP contribution in [0.3, 0.4) is 0 Å². The number of nitrogens with one attached hydrogen (secondary N) is 2. The van der Waals surface area contributed by atoms with Crippen LogP contribution >= 0.6 is 11.3 Å². The van der Waals surface area contributed by atoms with Gasteiger partial charge in [-0.2, -0.15) is 0 Å². The minimum atomic E-state index is -0.202. The quantitative estimate of drug-likeness (QED) is 0.614. The summed E-state index contributed by atoms with van der Waals surface area (Å²) in [6.07, 6.45) is 8.47. The van der Waals surface area contributed by atoms with Gasteiger partial charge in [-0.1, -0.05) is 13.0 Å². The van der Waals surface area contributed by atoms with E-state index in [2.05, 4.69) is 20.6 Å². The van der Waals surface area contributed by atoms with Crippen LogP contribution in [0.5, 0.6) is 0 Å². The van der Waals surface area contributed by atoms with Crippen molar-refractivity contribution >= 4 is 34.2 Å². The fourth-order valence-electron chi connectivity index (χ4n) is 6.15. The van der Waals surface area contributed by atoms with Crippen molar-refractivity contribution in [3.63, 3.8) is 0 Å². The predicted molar refractivity (Wildman–Crippen MR) is 133 cm³/mol. The Morgan fingerprint density at radius 3 is 2.60 bits per heavy atom. The molecule has 3 heterocycles. The lowest BCUT2D eigenvalue weighted by atomic mass is 9.82. The van der Waals surface area contributed by atoms with Crippen molar-refractivity contribution in [3.8, 4) is 0 Å².